The van der Waals surface area contributed by atoms with Gasteiger partial charge in [0.05, 0.1) is 0 Å². The fourth-order valence-corrected chi connectivity index (χ4v) is 2.20. The third kappa shape index (κ3) is 2.96. The summed E-state index contributed by atoms with van der Waals surface area (Å²) in [5.41, 5.74) is 3.18. The largest absolute Gasteiger partial charge is 0.313 e. The fraction of sp³-hybridized carbons (Fsp3) is 0.250. The van der Waals surface area contributed by atoms with Crippen molar-refractivity contribution >= 4 is 0 Å². The van der Waals surface area contributed by atoms with Crippen molar-refractivity contribution < 1.29 is 4.39 Å². The van der Waals surface area contributed by atoms with Crippen molar-refractivity contribution in [3.8, 4) is 0 Å². The fourth-order valence-electron chi connectivity index (χ4n) is 2.20. The first-order valence-corrected chi connectivity index (χ1v) is 6.18. The van der Waals surface area contributed by atoms with Crippen molar-refractivity contribution in [3.05, 3.63) is 71.0 Å². The van der Waals surface area contributed by atoms with Gasteiger partial charge in [0, 0.05) is 11.6 Å². The van der Waals surface area contributed by atoms with E-state index >= 15 is 0 Å². The molecule has 0 saturated carbocycles. The average Bonchev–Trinajstić information content (AvgIpc) is 2.37. The van der Waals surface area contributed by atoms with Gasteiger partial charge in [-0.1, -0.05) is 48.0 Å². The Hall–Kier alpha value is -1.67. The van der Waals surface area contributed by atoms with Crippen LogP contribution in [0.5, 0.6) is 0 Å². The van der Waals surface area contributed by atoms with Gasteiger partial charge >= 0.3 is 0 Å². The van der Waals surface area contributed by atoms with Crippen LogP contribution >= 0.6 is 0 Å². The SMILES string of the molecule is CNC(Cc1cccc(C)c1)c1ccccc1F. The van der Waals surface area contributed by atoms with Gasteiger partial charge in [-0.05, 0) is 32.0 Å². The monoisotopic (exact) mass is 243 g/mol. The Kier molecular flexibility index (Phi) is 4.11. The molecule has 0 saturated heterocycles. The summed E-state index contributed by atoms with van der Waals surface area (Å²) in [7, 11) is 1.87. The molecule has 0 spiro atoms. The summed E-state index contributed by atoms with van der Waals surface area (Å²) in [5.74, 6) is -0.149. The summed E-state index contributed by atoms with van der Waals surface area (Å²) in [4.78, 5) is 0. The first-order chi connectivity index (χ1) is 8.70. The molecule has 2 aromatic carbocycles. The van der Waals surface area contributed by atoms with Crippen LogP contribution in [0.3, 0.4) is 0 Å². The predicted octanol–water partition coefficient (Wildman–Crippen LogP) is 3.64. The lowest BCUT2D eigenvalue weighted by Crippen LogP contribution is -2.20. The van der Waals surface area contributed by atoms with Crippen molar-refractivity contribution in [3.63, 3.8) is 0 Å². The number of hydrogen-bond donors (Lipinski definition) is 1. The van der Waals surface area contributed by atoms with E-state index < -0.39 is 0 Å². The Bertz CT molecular complexity index is 522. The van der Waals surface area contributed by atoms with Gasteiger partial charge in [0.1, 0.15) is 5.82 Å². The van der Waals surface area contributed by atoms with E-state index in [0.717, 1.165) is 12.0 Å². The number of nitrogens with one attached hydrogen (secondary N) is 1. The van der Waals surface area contributed by atoms with Crippen molar-refractivity contribution in [2.75, 3.05) is 7.05 Å². The van der Waals surface area contributed by atoms with Gasteiger partial charge in [-0.15, -0.1) is 0 Å². The zero-order valence-electron chi connectivity index (χ0n) is 10.8. The van der Waals surface area contributed by atoms with Gasteiger partial charge in [0.25, 0.3) is 0 Å². The molecule has 0 bridgehead atoms. The van der Waals surface area contributed by atoms with Gasteiger partial charge in [0.15, 0.2) is 0 Å². The maximum absolute atomic E-state index is 13.8. The van der Waals surface area contributed by atoms with Crippen molar-refractivity contribution in [2.45, 2.75) is 19.4 Å². The number of benzene rings is 2. The van der Waals surface area contributed by atoms with Gasteiger partial charge in [-0.3, -0.25) is 0 Å². The van der Waals surface area contributed by atoms with E-state index in [1.54, 1.807) is 6.07 Å². The zero-order valence-corrected chi connectivity index (χ0v) is 10.8. The molecule has 1 atom stereocenters. The number of halogens is 1. The van der Waals surface area contributed by atoms with Crippen molar-refractivity contribution in [1.29, 1.82) is 0 Å². The molecular weight excluding hydrogens is 225 g/mol. The van der Waals surface area contributed by atoms with E-state index in [1.807, 2.05) is 25.2 Å². The highest BCUT2D eigenvalue weighted by atomic mass is 19.1. The Morgan fingerprint density at radius 1 is 1.11 bits per heavy atom. The first-order valence-electron chi connectivity index (χ1n) is 6.18. The van der Waals surface area contributed by atoms with Gasteiger partial charge in [-0.2, -0.15) is 0 Å². The summed E-state index contributed by atoms with van der Waals surface area (Å²) in [6.45, 7) is 2.07. The summed E-state index contributed by atoms with van der Waals surface area (Å²) < 4.78 is 13.8. The molecule has 2 aromatic rings. The Morgan fingerprint density at radius 2 is 1.89 bits per heavy atom. The number of hydrogen-bond acceptors (Lipinski definition) is 1. The van der Waals surface area contributed by atoms with E-state index in [-0.39, 0.29) is 11.9 Å². The number of likely N-dealkylation sites (N-methyl/N-ethyl adjacent to an activating group) is 1. The van der Waals surface area contributed by atoms with E-state index in [9.17, 15) is 4.39 Å². The van der Waals surface area contributed by atoms with E-state index in [2.05, 4.69) is 30.4 Å². The molecule has 2 heteroatoms. The third-order valence-corrected chi connectivity index (χ3v) is 3.15. The average molecular weight is 243 g/mol. The first kappa shape index (κ1) is 12.8. The smallest absolute Gasteiger partial charge is 0.127 e. The maximum atomic E-state index is 13.8. The minimum Gasteiger partial charge on any atom is -0.313 e. The summed E-state index contributed by atoms with van der Waals surface area (Å²) in [6.07, 6.45) is 0.791. The summed E-state index contributed by atoms with van der Waals surface area (Å²) in [6, 6.07) is 15.3. The molecule has 18 heavy (non-hydrogen) atoms. The Balaban J connectivity index is 2.23. The molecule has 1 unspecified atom stereocenters. The maximum Gasteiger partial charge on any atom is 0.127 e. The molecule has 0 aliphatic heterocycles. The van der Waals surface area contributed by atoms with Crippen molar-refractivity contribution in [2.24, 2.45) is 0 Å². The molecule has 0 aromatic heterocycles. The van der Waals surface area contributed by atoms with E-state index in [0.29, 0.717) is 0 Å². The second kappa shape index (κ2) is 5.78. The quantitative estimate of drug-likeness (QED) is 0.864. The minimum absolute atomic E-state index is 0.00741. The lowest BCUT2D eigenvalue weighted by Gasteiger charge is -2.17. The Labute approximate surface area is 108 Å². The van der Waals surface area contributed by atoms with Crippen LogP contribution in [0.15, 0.2) is 48.5 Å². The minimum atomic E-state index is -0.149. The highest BCUT2D eigenvalue weighted by molar-refractivity contribution is 5.27. The van der Waals surface area contributed by atoms with Crippen LogP contribution in [0.4, 0.5) is 4.39 Å². The van der Waals surface area contributed by atoms with Crippen LogP contribution in [0.2, 0.25) is 0 Å². The van der Waals surface area contributed by atoms with Gasteiger partial charge in [0.2, 0.25) is 0 Å². The molecule has 0 aliphatic rings. The van der Waals surface area contributed by atoms with Crippen LogP contribution in [0.1, 0.15) is 22.7 Å². The van der Waals surface area contributed by atoms with Crippen LogP contribution < -0.4 is 5.32 Å². The van der Waals surface area contributed by atoms with Gasteiger partial charge < -0.3 is 5.32 Å². The third-order valence-electron chi connectivity index (χ3n) is 3.15. The molecule has 0 radical (unpaired) electrons. The molecule has 0 aliphatic carbocycles. The van der Waals surface area contributed by atoms with Crippen LogP contribution in [-0.2, 0) is 6.42 Å². The molecule has 0 amide bonds. The predicted molar refractivity (Wildman–Crippen MR) is 73.1 cm³/mol. The van der Waals surface area contributed by atoms with Crippen LogP contribution in [0, 0.1) is 12.7 Å². The molecule has 1 N–H and O–H groups in total. The number of rotatable bonds is 4. The normalized spacial score (nSPS) is 12.4. The molecule has 0 fully saturated rings. The highest BCUT2D eigenvalue weighted by Gasteiger charge is 2.13. The van der Waals surface area contributed by atoms with Crippen molar-refractivity contribution in [1.82, 2.24) is 5.32 Å². The van der Waals surface area contributed by atoms with E-state index in [1.165, 1.54) is 17.2 Å². The summed E-state index contributed by atoms with van der Waals surface area (Å²) >= 11 is 0. The lowest BCUT2D eigenvalue weighted by atomic mass is 9.97. The van der Waals surface area contributed by atoms with Crippen LogP contribution in [-0.4, -0.2) is 7.05 Å². The number of aryl methyl sites for hydroxylation is 1. The van der Waals surface area contributed by atoms with E-state index in [4.69, 9.17) is 0 Å². The highest BCUT2D eigenvalue weighted by Crippen LogP contribution is 2.21. The second-order valence-corrected chi connectivity index (χ2v) is 4.56. The molecule has 94 valence electrons. The van der Waals surface area contributed by atoms with Crippen LogP contribution in [0.25, 0.3) is 0 Å². The van der Waals surface area contributed by atoms with Gasteiger partial charge in [-0.25, -0.2) is 4.39 Å². The Morgan fingerprint density at radius 3 is 2.56 bits per heavy atom. The second-order valence-electron chi connectivity index (χ2n) is 4.56. The topological polar surface area (TPSA) is 12.0 Å². The zero-order chi connectivity index (χ0) is 13.0. The lowest BCUT2D eigenvalue weighted by molar-refractivity contribution is 0.534. The summed E-state index contributed by atoms with van der Waals surface area (Å²) in [5, 5.41) is 3.19. The molecule has 1 nitrogen and oxygen atoms in total. The molecule has 2 rings (SSSR count). The molecule has 0 heterocycles. The molecular formula is C16H18FN. The standard InChI is InChI=1S/C16H18FN/c1-12-6-5-7-13(10-12)11-16(18-2)14-8-3-4-9-15(14)17/h3-10,16,18H,11H2,1-2H3.